The third-order valence-corrected chi connectivity index (χ3v) is 4.56. The molecule has 2 rings (SSSR count). The minimum absolute atomic E-state index is 0.357. The van der Waals surface area contributed by atoms with E-state index in [2.05, 4.69) is 12.2 Å². The Morgan fingerprint density at radius 2 is 2.05 bits per heavy atom. The van der Waals surface area contributed by atoms with E-state index in [-0.39, 0.29) is 0 Å². The fraction of sp³-hybridized carbons (Fsp3) is 0.533. The maximum Gasteiger partial charge on any atom is 0.107 e. The molecule has 0 amide bonds. The van der Waals surface area contributed by atoms with Gasteiger partial charge in [-0.05, 0) is 43.7 Å². The second-order valence-electron chi connectivity index (χ2n) is 5.30. The van der Waals surface area contributed by atoms with E-state index >= 15 is 0 Å². The molecule has 104 valence electrons. The Balaban J connectivity index is 2.08. The highest BCUT2D eigenvalue weighted by atomic mass is 35.5. The Kier molecular flexibility index (Phi) is 5.06. The minimum atomic E-state index is 0.357. The van der Waals surface area contributed by atoms with Crippen LogP contribution in [0.15, 0.2) is 18.2 Å². The van der Waals surface area contributed by atoms with Crippen molar-refractivity contribution in [3.05, 3.63) is 28.8 Å². The molecule has 1 aromatic carbocycles. The van der Waals surface area contributed by atoms with Crippen molar-refractivity contribution in [1.29, 1.82) is 0 Å². The van der Waals surface area contributed by atoms with Crippen molar-refractivity contribution >= 4 is 34.5 Å². The molecule has 0 radical (unpaired) electrons. The first-order chi connectivity index (χ1) is 9.11. The van der Waals surface area contributed by atoms with Gasteiger partial charge in [-0.25, -0.2) is 0 Å². The van der Waals surface area contributed by atoms with Crippen LogP contribution in [0.3, 0.4) is 0 Å². The van der Waals surface area contributed by atoms with E-state index in [4.69, 9.17) is 29.6 Å². The Morgan fingerprint density at radius 3 is 2.63 bits per heavy atom. The van der Waals surface area contributed by atoms with Gasteiger partial charge in [-0.3, -0.25) is 0 Å². The first-order valence-electron chi connectivity index (χ1n) is 6.96. The highest BCUT2D eigenvalue weighted by molar-refractivity contribution is 7.80. The van der Waals surface area contributed by atoms with Crippen LogP contribution in [-0.2, 0) is 0 Å². The van der Waals surface area contributed by atoms with Crippen LogP contribution in [0.1, 0.15) is 44.6 Å². The Morgan fingerprint density at radius 1 is 1.37 bits per heavy atom. The lowest BCUT2D eigenvalue weighted by Gasteiger charge is -2.29. The standard InChI is InChI=1S/C15H21ClN2S/c1-2-10-6-8-11(9-7-10)18-13-5-3-4-12(16)14(13)15(17)19/h3-5,10-11,18H,2,6-9H2,1H3,(H2,17,19). The summed E-state index contributed by atoms with van der Waals surface area (Å²) in [6, 6.07) is 6.28. The van der Waals surface area contributed by atoms with E-state index in [1.165, 1.54) is 32.1 Å². The third-order valence-electron chi connectivity index (χ3n) is 4.04. The summed E-state index contributed by atoms with van der Waals surface area (Å²) < 4.78 is 0. The van der Waals surface area contributed by atoms with Crippen LogP contribution in [0.4, 0.5) is 5.69 Å². The number of nitrogens with one attached hydrogen (secondary N) is 1. The molecule has 1 aliphatic carbocycles. The van der Waals surface area contributed by atoms with E-state index in [1.807, 2.05) is 18.2 Å². The summed E-state index contributed by atoms with van der Waals surface area (Å²) in [4.78, 5) is 0.357. The van der Waals surface area contributed by atoms with Crippen molar-refractivity contribution in [3.8, 4) is 0 Å². The Labute approximate surface area is 125 Å². The van der Waals surface area contributed by atoms with Crippen molar-refractivity contribution in [2.24, 2.45) is 11.7 Å². The van der Waals surface area contributed by atoms with Crippen LogP contribution < -0.4 is 11.1 Å². The number of thiocarbonyl (C=S) groups is 1. The molecule has 0 aromatic heterocycles. The lowest BCUT2D eigenvalue weighted by molar-refractivity contribution is 0.330. The first kappa shape index (κ1) is 14.6. The first-order valence-corrected chi connectivity index (χ1v) is 7.75. The SMILES string of the molecule is CCC1CCC(Nc2cccc(Cl)c2C(N)=S)CC1. The lowest BCUT2D eigenvalue weighted by Crippen LogP contribution is -2.27. The molecule has 0 unspecified atom stereocenters. The molecule has 19 heavy (non-hydrogen) atoms. The highest BCUT2D eigenvalue weighted by Crippen LogP contribution is 2.31. The van der Waals surface area contributed by atoms with Crippen molar-refractivity contribution < 1.29 is 0 Å². The zero-order valence-corrected chi connectivity index (χ0v) is 12.9. The van der Waals surface area contributed by atoms with Crippen molar-refractivity contribution in [2.75, 3.05) is 5.32 Å². The number of hydrogen-bond acceptors (Lipinski definition) is 2. The van der Waals surface area contributed by atoms with Gasteiger partial charge in [0, 0.05) is 11.7 Å². The van der Waals surface area contributed by atoms with E-state index in [9.17, 15) is 0 Å². The van der Waals surface area contributed by atoms with E-state index < -0.39 is 0 Å². The van der Waals surface area contributed by atoms with Crippen LogP contribution in [0.5, 0.6) is 0 Å². The molecule has 3 N–H and O–H groups in total. The molecule has 2 nitrogen and oxygen atoms in total. The van der Waals surface area contributed by atoms with Crippen molar-refractivity contribution in [2.45, 2.75) is 45.1 Å². The zero-order chi connectivity index (χ0) is 13.8. The van der Waals surface area contributed by atoms with Crippen LogP contribution in [-0.4, -0.2) is 11.0 Å². The summed E-state index contributed by atoms with van der Waals surface area (Å²) in [6.45, 7) is 2.28. The highest BCUT2D eigenvalue weighted by Gasteiger charge is 2.21. The van der Waals surface area contributed by atoms with Gasteiger partial charge >= 0.3 is 0 Å². The van der Waals surface area contributed by atoms with E-state index in [1.54, 1.807) is 0 Å². The summed E-state index contributed by atoms with van der Waals surface area (Å²) >= 11 is 11.3. The quantitative estimate of drug-likeness (QED) is 0.811. The van der Waals surface area contributed by atoms with Gasteiger partial charge in [0.05, 0.1) is 10.6 Å². The summed E-state index contributed by atoms with van der Waals surface area (Å²) in [7, 11) is 0. The van der Waals surface area contributed by atoms with Crippen molar-refractivity contribution in [3.63, 3.8) is 0 Å². The third kappa shape index (κ3) is 3.61. The number of halogens is 1. The van der Waals surface area contributed by atoms with E-state index in [0.717, 1.165) is 17.2 Å². The number of hydrogen-bond donors (Lipinski definition) is 2. The summed E-state index contributed by atoms with van der Waals surface area (Å²) in [5, 5.41) is 4.19. The second-order valence-corrected chi connectivity index (χ2v) is 6.14. The van der Waals surface area contributed by atoms with Crippen LogP contribution in [0, 0.1) is 5.92 Å². The number of rotatable bonds is 4. The molecule has 0 aliphatic heterocycles. The number of anilines is 1. The minimum Gasteiger partial charge on any atom is -0.389 e. The van der Waals surface area contributed by atoms with Gasteiger partial charge in [0.1, 0.15) is 4.99 Å². The van der Waals surface area contributed by atoms with E-state index in [0.29, 0.717) is 16.1 Å². The van der Waals surface area contributed by atoms with Crippen LogP contribution >= 0.6 is 23.8 Å². The van der Waals surface area contributed by atoms with Gasteiger partial charge in [-0.15, -0.1) is 0 Å². The zero-order valence-electron chi connectivity index (χ0n) is 11.3. The molecule has 0 heterocycles. The van der Waals surface area contributed by atoms with Gasteiger partial charge in [0.2, 0.25) is 0 Å². The maximum absolute atomic E-state index is 6.18. The number of benzene rings is 1. The number of nitrogens with two attached hydrogens (primary N) is 1. The molecule has 0 spiro atoms. The van der Waals surface area contributed by atoms with Gasteiger partial charge in [0.15, 0.2) is 0 Å². The maximum atomic E-state index is 6.18. The molecular formula is C15H21ClN2S. The molecular weight excluding hydrogens is 276 g/mol. The smallest absolute Gasteiger partial charge is 0.107 e. The normalized spacial score (nSPS) is 23.1. The molecule has 1 aromatic rings. The van der Waals surface area contributed by atoms with Crippen molar-refractivity contribution in [1.82, 2.24) is 0 Å². The fourth-order valence-electron chi connectivity index (χ4n) is 2.83. The molecule has 1 saturated carbocycles. The Bertz CT molecular complexity index is 453. The second kappa shape index (κ2) is 6.58. The molecule has 1 fully saturated rings. The molecule has 0 saturated heterocycles. The summed E-state index contributed by atoms with van der Waals surface area (Å²) in [5.74, 6) is 0.896. The molecule has 1 aliphatic rings. The average Bonchev–Trinajstić information content (AvgIpc) is 2.39. The van der Waals surface area contributed by atoms with Gasteiger partial charge in [0.25, 0.3) is 0 Å². The fourth-order valence-corrected chi connectivity index (χ4v) is 3.38. The summed E-state index contributed by atoms with van der Waals surface area (Å²) in [6.07, 6.45) is 6.32. The van der Waals surface area contributed by atoms with Crippen LogP contribution in [0.2, 0.25) is 5.02 Å². The predicted octanol–water partition coefficient (Wildman–Crippen LogP) is 4.35. The largest absolute Gasteiger partial charge is 0.389 e. The van der Waals surface area contributed by atoms with Gasteiger partial charge in [-0.1, -0.05) is 43.2 Å². The lowest BCUT2D eigenvalue weighted by atomic mass is 9.84. The average molecular weight is 297 g/mol. The molecule has 0 bridgehead atoms. The Hall–Kier alpha value is -0.800. The van der Waals surface area contributed by atoms with Crippen LogP contribution in [0.25, 0.3) is 0 Å². The molecule has 4 heteroatoms. The van der Waals surface area contributed by atoms with Gasteiger partial charge in [-0.2, -0.15) is 0 Å². The topological polar surface area (TPSA) is 38.0 Å². The van der Waals surface area contributed by atoms with Gasteiger partial charge < -0.3 is 11.1 Å². The predicted molar refractivity (Wildman–Crippen MR) is 87.0 cm³/mol. The summed E-state index contributed by atoms with van der Waals surface area (Å²) in [5.41, 5.74) is 7.52. The monoisotopic (exact) mass is 296 g/mol. The molecule has 0 atom stereocenters.